The van der Waals surface area contributed by atoms with E-state index in [-0.39, 0.29) is 12.5 Å². The van der Waals surface area contributed by atoms with Gasteiger partial charge in [0.2, 0.25) is 5.91 Å². The summed E-state index contributed by atoms with van der Waals surface area (Å²) in [5.74, 6) is -0.690. The Bertz CT molecular complexity index is 854. The van der Waals surface area contributed by atoms with Crippen molar-refractivity contribution in [3.05, 3.63) is 47.5 Å². The Balaban J connectivity index is 1.85. The van der Waals surface area contributed by atoms with Crippen molar-refractivity contribution in [2.45, 2.75) is 6.92 Å². The SMILES string of the molecule is COc1ccc(NC(C)=O)cc1NC(=O)COC(=O)COc1ccc(Cl)cc1. The van der Waals surface area contributed by atoms with Gasteiger partial charge in [-0.05, 0) is 42.5 Å². The van der Waals surface area contributed by atoms with Gasteiger partial charge in [-0.25, -0.2) is 4.79 Å². The number of nitrogens with one attached hydrogen (secondary N) is 2. The van der Waals surface area contributed by atoms with Gasteiger partial charge in [0.25, 0.3) is 5.91 Å². The molecule has 0 atom stereocenters. The van der Waals surface area contributed by atoms with Crippen LogP contribution in [-0.2, 0) is 19.1 Å². The molecule has 0 aromatic heterocycles. The number of esters is 1. The maximum Gasteiger partial charge on any atom is 0.344 e. The van der Waals surface area contributed by atoms with Gasteiger partial charge in [0.05, 0.1) is 12.8 Å². The van der Waals surface area contributed by atoms with Crippen molar-refractivity contribution < 1.29 is 28.6 Å². The van der Waals surface area contributed by atoms with E-state index in [0.717, 1.165) is 0 Å². The molecule has 2 rings (SSSR count). The van der Waals surface area contributed by atoms with Crippen molar-refractivity contribution in [1.82, 2.24) is 0 Å². The number of carbonyl (C=O) groups is 3. The molecular formula is C19H19ClN2O6. The molecule has 0 saturated carbocycles. The van der Waals surface area contributed by atoms with Crippen LogP contribution < -0.4 is 20.1 Å². The fourth-order valence-electron chi connectivity index (χ4n) is 2.13. The third-order valence-corrected chi connectivity index (χ3v) is 3.58. The Kier molecular flexibility index (Phi) is 7.65. The van der Waals surface area contributed by atoms with Crippen LogP contribution in [0.15, 0.2) is 42.5 Å². The molecule has 0 radical (unpaired) electrons. The van der Waals surface area contributed by atoms with E-state index in [4.69, 9.17) is 25.8 Å². The first-order valence-corrected chi connectivity index (χ1v) is 8.54. The van der Waals surface area contributed by atoms with Gasteiger partial charge in [-0.3, -0.25) is 9.59 Å². The van der Waals surface area contributed by atoms with Crippen molar-refractivity contribution >= 4 is 40.8 Å². The predicted molar refractivity (Wildman–Crippen MR) is 104 cm³/mol. The maximum atomic E-state index is 12.0. The lowest BCUT2D eigenvalue weighted by molar-refractivity contribution is -0.149. The summed E-state index contributed by atoms with van der Waals surface area (Å²) in [5, 5.41) is 5.71. The molecule has 2 aromatic carbocycles. The molecule has 28 heavy (non-hydrogen) atoms. The van der Waals surface area contributed by atoms with Crippen LogP contribution in [0.25, 0.3) is 0 Å². The van der Waals surface area contributed by atoms with Crippen LogP contribution in [0, 0.1) is 0 Å². The Labute approximate surface area is 166 Å². The van der Waals surface area contributed by atoms with E-state index in [2.05, 4.69) is 10.6 Å². The normalized spacial score (nSPS) is 9.96. The van der Waals surface area contributed by atoms with E-state index < -0.39 is 18.5 Å². The summed E-state index contributed by atoms with van der Waals surface area (Å²) in [7, 11) is 1.44. The van der Waals surface area contributed by atoms with E-state index in [0.29, 0.717) is 27.9 Å². The van der Waals surface area contributed by atoms with Crippen LogP contribution in [0.5, 0.6) is 11.5 Å². The zero-order valence-corrected chi connectivity index (χ0v) is 16.0. The molecule has 0 saturated heterocycles. The van der Waals surface area contributed by atoms with Gasteiger partial charge < -0.3 is 24.8 Å². The quantitative estimate of drug-likeness (QED) is 0.653. The summed E-state index contributed by atoms with van der Waals surface area (Å²) >= 11 is 5.76. The van der Waals surface area contributed by atoms with Crippen LogP contribution in [-0.4, -0.2) is 38.1 Å². The average Bonchev–Trinajstić information content (AvgIpc) is 2.65. The van der Waals surface area contributed by atoms with Crippen molar-refractivity contribution in [3.8, 4) is 11.5 Å². The highest BCUT2D eigenvalue weighted by molar-refractivity contribution is 6.30. The number of anilines is 2. The largest absolute Gasteiger partial charge is 0.495 e. The van der Waals surface area contributed by atoms with Gasteiger partial charge >= 0.3 is 5.97 Å². The van der Waals surface area contributed by atoms with Crippen molar-refractivity contribution in [2.24, 2.45) is 0 Å². The van der Waals surface area contributed by atoms with Crippen molar-refractivity contribution in [3.63, 3.8) is 0 Å². The molecule has 2 aromatic rings. The summed E-state index contributed by atoms with van der Waals surface area (Å²) in [6.07, 6.45) is 0. The first kappa shape index (κ1) is 21.0. The highest BCUT2D eigenvalue weighted by Crippen LogP contribution is 2.27. The highest BCUT2D eigenvalue weighted by Gasteiger charge is 2.12. The molecule has 0 fully saturated rings. The van der Waals surface area contributed by atoms with Crippen LogP contribution >= 0.6 is 11.6 Å². The number of methoxy groups -OCH3 is 1. The Morgan fingerprint density at radius 1 is 1.00 bits per heavy atom. The molecule has 0 spiro atoms. The Morgan fingerprint density at radius 3 is 2.36 bits per heavy atom. The Hall–Kier alpha value is -3.26. The summed E-state index contributed by atoms with van der Waals surface area (Å²) in [5.41, 5.74) is 0.809. The molecule has 0 unspecified atom stereocenters. The molecule has 9 heteroatoms. The van der Waals surface area contributed by atoms with Gasteiger partial charge in [-0.1, -0.05) is 11.6 Å². The number of hydrogen-bond acceptors (Lipinski definition) is 6. The number of hydrogen-bond donors (Lipinski definition) is 2. The number of amides is 2. The van der Waals surface area contributed by atoms with Crippen LogP contribution in [0.4, 0.5) is 11.4 Å². The first-order chi connectivity index (χ1) is 13.4. The van der Waals surface area contributed by atoms with E-state index in [9.17, 15) is 14.4 Å². The number of halogens is 1. The van der Waals surface area contributed by atoms with E-state index in [1.165, 1.54) is 20.1 Å². The van der Waals surface area contributed by atoms with Gasteiger partial charge in [-0.2, -0.15) is 0 Å². The fraction of sp³-hybridized carbons (Fsp3) is 0.211. The minimum atomic E-state index is -0.705. The minimum absolute atomic E-state index is 0.253. The zero-order valence-electron chi connectivity index (χ0n) is 15.3. The second-order valence-electron chi connectivity index (χ2n) is 5.55. The molecular weight excluding hydrogens is 388 g/mol. The maximum absolute atomic E-state index is 12.0. The second kappa shape index (κ2) is 10.2. The molecule has 8 nitrogen and oxygen atoms in total. The van der Waals surface area contributed by atoms with Gasteiger partial charge in [0.1, 0.15) is 11.5 Å². The molecule has 0 heterocycles. The molecule has 2 amide bonds. The van der Waals surface area contributed by atoms with Crippen LogP contribution in [0.3, 0.4) is 0 Å². The molecule has 0 aliphatic carbocycles. The van der Waals surface area contributed by atoms with E-state index in [1.54, 1.807) is 36.4 Å². The Morgan fingerprint density at radius 2 is 1.71 bits per heavy atom. The molecule has 2 N–H and O–H groups in total. The highest BCUT2D eigenvalue weighted by atomic mass is 35.5. The van der Waals surface area contributed by atoms with Gasteiger partial charge in [0.15, 0.2) is 13.2 Å². The second-order valence-corrected chi connectivity index (χ2v) is 5.98. The van der Waals surface area contributed by atoms with Crippen molar-refractivity contribution in [1.29, 1.82) is 0 Å². The van der Waals surface area contributed by atoms with E-state index in [1.807, 2.05) is 0 Å². The summed E-state index contributed by atoms with van der Waals surface area (Å²) in [4.78, 5) is 34.9. The number of ether oxygens (including phenoxy) is 3. The predicted octanol–water partition coefficient (Wildman–Crippen LogP) is 2.87. The van der Waals surface area contributed by atoms with Crippen molar-refractivity contribution in [2.75, 3.05) is 31.0 Å². The average molecular weight is 407 g/mol. The van der Waals surface area contributed by atoms with Crippen LogP contribution in [0.2, 0.25) is 5.02 Å². The lowest BCUT2D eigenvalue weighted by Crippen LogP contribution is -2.24. The summed E-state index contributed by atoms with van der Waals surface area (Å²) in [6.45, 7) is 0.515. The van der Waals surface area contributed by atoms with Crippen LogP contribution in [0.1, 0.15) is 6.92 Å². The molecule has 0 bridgehead atoms. The van der Waals surface area contributed by atoms with Gasteiger partial charge in [0, 0.05) is 17.6 Å². The monoisotopic (exact) mass is 406 g/mol. The number of benzene rings is 2. The van der Waals surface area contributed by atoms with Gasteiger partial charge in [-0.15, -0.1) is 0 Å². The molecule has 0 aliphatic heterocycles. The summed E-state index contributed by atoms with van der Waals surface area (Å²) in [6, 6.07) is 11.2. The van der Waals surface area contributed by atoms with E-state index >= 15 is 0 Å². The minimum Gasteiger partial charge on any atom is -0.495 e. The zero-order chi connectivity index (χ0) is 20.5. The summed E-state index contributed by atoms with van der Waals surface area (Å²) < 4.78 is 15.3. The lowest BCUT2D eigenvalue weighted by atomic mass is 10.2. The molecule has 0 aliphatic rings. The third-order valence-electron chi connectivity index (χ3n) is 3.33. The number of carbonyl (C=O) groups excluding carboxylic acids is 3. The smallest absolute Gasteiger partial charge is 0.344 e. The fourth-order valence-corrected chi connectivity index (χ4v) is 2.26. The lowest BCUT2D eigenvalue weighted by Gasteiger charge is -2.12. The topological polar surface area (TPSA) is 103 Å². The third kappa shape index (κ3) is 6.81. The molecule has 148 valence electrons. The first-order valence-electron chi connectivity index (χ1n) is 8.17. The standard InChI is InChI=1S/C19H19ClN2O6/c1-12(23)21-14-5-8-17(26-2)16(9-14)22-18(24)10-28-19(25)11-27-15-6-3-13(20)4-7-15/h3-9H,10-11H2,1-2H3,(H,21,23)(H,22,24). The number of rotatable bonds is 8.